The van der Waals surface area contributed by atoms with Gasteiger partial charge in [0.25, 0.3) is 0 Å². The maximum atomic E-state index is 11.7. The number of amides is 1. The first-order chi connectivity index (χ1) is 8.16. The van der Waals surface area contributed by atoms with Gasteiger partial charge >= 0.3 is 6.09 Å². The molecule has 1 aromatic rings. The Hall–Kier alpha value is -1.26. The zero-order valence-electron chi connectivity index (χ0n) is 9.43. The third-order valence-corrected chi connectivity index (χ3v) is 3.16. The van der Waals surface area contributed by atoms with E-state index < -0.39 is 0 Å². The molecule has 1 unspecified atom stereocenters. The molecule has 0 aromatic heterocycles. The Kier molecular flexibility index (Phi) is 3.86. The Bertz CT molecular complexity index is 411. The summed E-state index contributed by atoms with van der Waals surface area (Å²) in [5, 5.41) is 0.610. The molecule has 92 valence electrons. The molecular formula is C12H15ClN2O2. The molecule has 0 radical (unpaired) electrons. The fourth-order valence-electron chi connectivity index (χ4n) is 1.80. The summed E-state index contributed by atoms with van der Waals surface area (Å²) in [6.45, 7) is 1.44. The van der Waals surface area contributed by atoms with Crippen LogP contribution in [0.3, 0.4) is 0 Å². The number of ether oxygens (including phenoxy) is 1. The summed E-state index contributed by atoms with van der Waals surface area (Å²) in [5.74, 6) is 0. The molecule has 4 nitrogen and oxygen atoms in total. The van der Waals surface area contributed by atoms with E-state index in [1.54, 1.807) is 11.0 Å². The van der Waals surface area contributed by atoms with Crippen LogP contribution in [-0.2, 0) is 11.3 Å². The van der Waals surface area contributed by atoms with Crippen LogP contribution in [0, 0.1) is 0 Å². The van der Waals surface area contributed by atoms with Crippen LogP contribution in [0.4, 0.5) is 4.79 Å². The first-order valence-corrected chi connectivity index (χ1v) is 5.95. The number of hydrogen-bond donors (Lipinski definition) is 1. The molecule has 1 heterocycles. The summed E-state index contributed by atoms with van der Waals surface area (Å²) in [4.78, 5) is 13.3. The zero-order valence-corrected chi connectivity index (χ0v) is 10.2. The van der Waals surface area contributed by atoms with Crippen LogP contribution in [0.15, 0.2) is 24.3 Å². The average molecular weight is 255 g/mol. The highest BCUT2D eigenvalue weighted by Crippen LogP contribution is 2.17. The minimum absolute atomic E-state index is 0.0721. The third kappa shape index (κ3) is 3.11. The van der Waals surface area contributed by atoms with E-state index in [9.17, 15) is 4.79 Å². The molecule has 2 rings (SSSR count). The Morgan fingerprint density at radius 3 is 2.94 bits per heavy atom. The topological polar surface area (TPSA) is 55.6 Å². The number of carbonyl (C=O) groups excluding carboxylic acids is 1. The van der Waals surface area contributed by atoms with Crippen molar-refractivity contribution >= 4 is 17.7 Å². The lowest BCUT2D eigenvalue weighted by Crippen LogP contribution is -2.32. The van der Waals surface area contributed by atoms with Gasteiger partial charge in [-0.15, -0.1) is 0 Å². The van der Waals surface area contributed by atoms with Gasteiger partial charge in [-0.1, -0.05) is 29.8 Å². The summed E-state index contributed by atoms with van der Waals surface area (Å²) >= 11 is 5.97. The minimum atomic E-state index is -0.321. The van der Waals surface area contributed by atoms with Gasteiger partial charge in [0.05, 0.1) is 0 Å². The van der Waals surface area contributed by atoms with Gasteiger partial charge in [0, 0.05) is 29.7 Å². The van der Waals surface area contributed by atoms with Gasteiger partial charge in [0.15, 0.2) is 0 Å². The lowest BCUT2D eigenvalue weighted by Gasteiger charge is -2.15. The fraction of sp³-hybridized carbons (Fsp3) is 0.417. The molecule has 0 aliphatic carbocycles. The van der Waals surface area contributed by atoms with E-state index >= 15 is 0 Å². The molecular weight excluding hydrogens is 240 g/mol. The van der Waals surface area contributed by atoms with E-state index in [1.165, 1.54) is 0 Å². The van der Waals surface area contributed by atoms with Gasteiger partial charge in [0.1, 0.15) is 6.61 Å². The van der Waals surface area contributed by atoms with E-state index in [0.717, 1.165) is 12.0 Å². The largest absolute Gasteiger partial charge is 0.444 e. The second-order valence-electron chi connectivity index (χ2n) is 4.14. The molecule has 1 amide bonds. The number of likely N-dealkylation sites (tertiary alicyclic amines) is 1. The van der Waals surface area contributed by atoms with Crippen molar-refractivity contribution in [3.8, 4) is 0 Å². The minimum Gasteiger partial charge on any atom is -0.444 e. The van der Waals surface area contributed by atoms with Crippen molar-refractivity contribution in [2.75, 3.05) is 13.1 Å². The number of halogens is 1. The highest BCUT2D eigenvalue weighted by atomic mass is 35.5. The predicted octanol–water partition coefficient (Wildman–Crippen LogP) is 2.01. The first-order valence-electron chi connectivity index (χ1n) is 5.57. The highest BCUT2D eigenvalue weighted by Gasteiger charge is 2.24. The van der Waals surface area contributed by atoms with Crippen LogP contribution >= 0.6 is 11.6 Å². The predicted molar refractivity (Wildman–Crippen MR) is 65.8 cm³/mol. The number of rotatable bonds is 2. The normalized spacial score (nSPS) is 19.4. The lowest BCUT2D eigenvalue weighted by atomic mass is 10.2. The summed E-state index contributed by atoms with van der Waals surface area (Å²) in [6, 6.07) is 7.39. The Morgan fingerprint density at radius 1 is 1.53 bits per heavy atom. The van der Waals surface area contributed by atoms with Gasteiger partial charge < -0.3 is 15.4 Å². The van der Waals surface area contributed by atoms with Crippen LogP contribution in [0.1, 0.15) is 12.0 Å². The molecule has 1 atom stereocenters. The van der Waals surface area contributed by atoms with E-state index in [4.69, 9.17) is 22.1 Å². The molecule has 1 aliphatic rings. The number of benzene rings is 1. The first kappa shape index (κ1) is 12.2. The smallest absolute Gasteiger partial charge is 0.410 e. The lowest BCUT2D eigenvalue weighted by molar-refractivity contribution is 0.104. The van der Waals surface area contributed by atoms with Gasteiger partial charge in [-0.2, -0.15) is 0 Å². The average Bonchev–Trinajstić information content (AvgIpc) is 2.74. The second kappa shape index (κ2) is 5.38. The van der Waals surface area contributed by atoms with Crippen molar-refractivity contribution in [1.29, 1.82) is 0 Å². The monoisotopic (exact) mass is 254 g/mol. The van der Waals surface area contributed by atoms with Gasteiger partial charge in [0.2, 0.25) is 0 Å². The molecule has 2 N–H and O–H groups in total. The molecule has 0 spiro atoms. The van der Waals surface area contributed by atoms with Gasteiger partial charge in [-0.3, -0.25) is 0 Å². The molecule has 1 aliphatic heterocycles. The zero-order chi connectivity index (χ0) is 12.3. The molecule has 1 saturated heterocycles. The van der Waals surface area contributed by atoms with Crippen LogP contribution in [-0.4, -0.2) is 30.1 Å². The van der Waals surface area contributed by atoms with E-state index in [1.807, 2.05) is 18.2 Å². The maximum Gasteiger partial charge on any atom is 0.410 e. The summed E-state index contributed by atoms with van der Waals surface area (Å²) < 4.78 is 5.19. The Balaban J connectivity index is 1.86. The van der Waals surface area contributed by atoms with Crippen molar-refractivity contribution in [1.82, 2.24) is 4.90 Å². The van der Waals surface area contributed by atoms with Crippen LogP contribution in [0.5, 0.6) is 0 Å². The number of carbonyl (C=O) groups is 1. The summed E-state index contributed by atoms with van der Waals surface area (Å²) in [7, 11) is 0. The van der Waals surface area contributed by atoms with Gasteiger partial charge in [-0.25, -0.2) is 4.79 Å². The SMILES string of the molecule is NC1CCN(C(=O)OCc2ccccc2Cl)C1. The summed E-state index contributed by atoms with van der Waals surface area (Å²) in [6.07, 6.45) is 0.513. The van der Waals surface area contributed by atoms with Crippen LogP contribution < -0.4 is 5.73 Å². The Morgan fingerprint density at radius 2 is 2.29 bits per heavy atom. The van der Waals surface area contributed by atoms with Crippen molar-refractivity contribution in [3.05, 3.63) is 34.9 Å². The van der Waals surface area contributed by atoms with Crippen molar-refractivity contribution in [2.45, 2.75) is 19.1 Å². The number of hydrogen-bond acceptors (Lipinski definition) is 3. The highest BCUT2D eigenvalue weighted by molar-refractivity contribution is 6.31. The van der Waals surface area contributed by atoms with Crippen LogP contribution in [0.25, 0.3) is 0 Å². The molecule has 1 fully saturated rings. The van der Waals surface area contributed by atoms with E-state index in [2.05, 4.69) is 0 Å². The Labute approximate surface area is 105 Å². The van der Waals surface area contributed by atoms with Crippen molar-refractivity contribution in [2.24, 2.45) is 5.73 Å². The molecule has 5 heteroatoms. The van der Waals surface area contributed by atoms with Gasteiger partial charge in [-0.05, 0) is 12.5 Å². The van der Waals surface area contributed by atoms with E-state index in [0.29, 0.717) is 18.1 Å². The molecule has 0 bridgehead atoms. The standard InChI is InChI=1S/C12H15ClN2O2/c13-11-4-2-1-3-9(11)8-17-12(16)15-6-5-10(14)7-15/h1-4,10H,5-8,14H2. The van der Waals surface area contributed by atoms with Crippen molar-refractivity contribution in [3.63, 3.8) is 0 Å². The summed E-state index contributed by atoms with van der Waals surface area (Å²) in [5.41, 5.74) is 6.53. The third-order valence-electron chi connectivity index (χ3n) is 2.79. The maximum absolute atomic E-state index is 11.7. The molecule has 1 aromatic carbocycles. The fourth-order valence-corrected chi connectivity index (χ4v) is 1.99. The number of nitrogens with two attached hydrogens (primary N) is 1. The quantitative estimate of drug-likeness (QED) is 0.878. The molecule has 0 saturated carbocycles. The van der Waals surface area contributed by atoms with Crippen LogP contribution in [0.2, 0.25) is 5.02 Å². The van der Waals surface area contributed by atoms with E-state index in [-0.39, 0.29) is 18.7 Å². The second-order valence-corrected chi connectivity index (χ2v) is 4.55. The number of nitrogens with zero attached hydrogens (tertiary/aromatic N) is 1. The molecule has 17 heavy (non-hydrogen) atoms. The van der Waals surface area contributed by atoms with Crippen molar-refractivity contribution < 1.29 is 9.53 Å².